The number of carbonyl (C=O) groups excluding carboxylic acids is 3. The third kappa shape index (κ3) is 4.26. The van der Waals surface area contributed by atoms with Gasteiger partial charge in [-0.2, -0.15) is 0 Å². The number of Topliss-reactive ketones (excluding diaryl/α,β-unsaturated/α-hetero) is 1. The topological polar surface area (TPSA) is 72.5 Å². The third-order valence-corrected chi connectivity index (χ3v) is 14.5. The van der Waals surface area contributed by atoms with Gasteiger partial charge in [-0.3, -0.25) is 14.4 Å². The number of ether oxygens (including phenoxy) is 1. The van der Waals surface area contributed by atoms with Gasteiger partial charge in [0.15, 0.2) is 0 Å². The van der Waals surface area contributed by atoms with E-state index in [1.165, 1.54) is 12.5 Å². The van der Waals surface area contributed by atoms with E-state index in [-0.39, 0.29) is 63.7 Å². The SMILES string of the molecule is CC(=O)O[C@H]1CC[C@@]2(C)C(CC[C@]3(C)C2CCC2=C4C(C(C)C)C(=O)C[C@]4(C(=O)Nc4ccccc4Cl)CC[C@]23C)C1(C)C. The standard InChI is InChI=1S/C38H52ClNO4/c1-22(2)31-27(42)21-38(33(43)40-26-12-10-9-11-25(26)39)20-19-36(7)24(32(31)38)13-14-29-35(6)17-16-30(44-23(3)41)34(4,5)28(35)15-18-37(29,36)8/h9-12,22,28-31H,13-21H2,1-8H3,(H,40,43)/t28?,29?,30-,31?,35-,36+,37+,38+/m0/s1. The van der Waals surface area contributed by atoms with Crippen molar-refractivity contribution >= 4 is 34.9 Å². The number of ketones is 1. The third-order valence-electron chi connectivity index (χ3n) is 14.2. The monoisotopic (exact) mass is 621 g/mol. The van der Waals surface area contributed by atoms with Crippen molar-refractivity contribution in [1.82, 2.24) is 0 Å². The maximum atomic E-state index is 14.4. The van der Waals surface area contributed by atoms with Crippen LogP contribution in [0.4, 0.5) is 5.69 Å². The van der Waals surface area contributed by atoms with Gasteiger partial charge in [-0.1, -0.05) is 77.8 Å². The van der Waals surface area contributed by atoms with Crippen LogP contribution < -0.4 is 5.32 Å². The molecule has 1 aromatic carbocycles. The minimum Gasteiger partial charge on any atom is -0.462 e. The fourth-order valence-electron chi connectivity index (χ4n) is 12.0. The molecule has 8 atom stereocenters. The molecule has 6 rings (SSSR count). The van der Waals surface area contributed by atoms with Crippen LogP contribution in [-0.4, -0.2) is 23.8 Å². The van der Waals surface area contributed by atoms with Crippen LogP contribution in [0.25, 0.3) is 0 Å². The molecule has 1 amide bonds. The highest BCUT2D eigenvalue weighted by atomic mass is 35.5. The molecule has 5 nitrogen and oxygen atoms in total. The summed E-state index contributed by atoms with van der Waals surface area (Å²) in [6.07, 6.45) is 8.06. The highest BCUT2D eigenvalue weighted by Crippen LogP contribution is 2.76. The Labute approximate surface area is 269 Å². The van der Waals surface area contributed by atoms with E-state index in [2.05, 4.69) is 53.8 Å². The van der Waals surface area contributed by atoms with Gasteiger partial charge in [0.25, 0.3) is 0 Å². The van der Waals surface area contributed by atoms with Crippen LogP contribution in [0.5, 0.6) is 0 Å². The lowest BCUT2D eigenvalue weighted by Gasteiger charge is -2.70. The van der Waals surface area contributed by atoms with Gasteiger partial charge in [0, 0.05) is 24.7 Å². The molecular weight excluding hydrogens is 570 g/mol. The van der Waals surface area contributed by atoms with Crippen LogP contribution >= 0.6 is 11.6 Å². The Hall–Kier alpha value is -2.14. The predicted octanol–water partition coefficient (Wildman–Crippen LogP) is 9.19. The Morgan fingerprint density at radius 3 is 2.32 bits per heavy atom. The van der Waals surface area contributed by atoms with Crippen LogP contribution in [0.15, 0.2) is 35.4 Å². The molecule has 1 aromatic rings. The molecule has 5 aliphatic rings. The van der Waals surface area contributed by atoms with E-state index in [0.717, 1.165) is 50.5 Å². The number of anilines is 1. The average Bonchev–Trinajstić information content (AvgIpc) is 3.25. The van der Waals surface area contributed by atoms with Crippen molar-refractivity contribution in [3.8, 4) is 0 Å². The lowest BCUT2D eigenvalue weighted by atomic mass is 9.34. The van der Waals surface area contributed by atoms with Gasteiger partial charge in [-0.15, -0.1) is 0 Å². The average molecular weight is 622 g/mol. The van der Waals surface area contributed by atoms with E-state index in [0.29, 0.717) is 29.0 Å². The second-order valence-electron chi connectivity index (χ2n) is 16.7. The lowest BCUT2D eigenvalue weighted by Crippen LogP contribution is -2.64. The van der Waals surface area contributed by atoms with Crippen molar-refractivity contribution in [2.75, 3.05) is 5.32 Å². The first-order valence-corrected chi connectivity index (χ1v) is 17.4. The molecule has 44 heavy (non-hydrogen) atoms. The lowest BCUT2D eigenvalue weighted by molar-refractivity contribution is -0.213. The fourth-order valence-corrected chi connectivity index (χ4v) is 12.2. The predicted molar refractivity (Wildman–Crippen MR) is 175 cm³/mol. The van der Waals surface area contributed by atoms with E-state index < -0.39 is 5.41 Å². The van der Waals surface area contributed by atoms with Crippen molar-refractivity contribution in [2.24, 2.45) is 50.7 Å². The van der Waals surface area contributed by atoms with Crippen LogP contribution in [-0.2, 0) is 19.1 Å². The van der Waals surface area contributed by atoms with Crippen molar-refractivity contribution in [3.05, 3.63) is 40.4 Å². The summed E-state index contributed by atoms with van der Waals surface area (Å²) in [5.74, 6) is 0.896. The van der Waals surface area contributed by atoms with Gasteiger partial charge in [0.05, 0.1) is 16.1 Å². The number of hydrogen-bond donors (Lipinski definition) is 1. The van der Waals surface area contributed by atoms with Crippen molar-refractivity contribution in [2.45, 2.75) is 119 Å². The zero-order chi connectivity index (χ0) is 32.0. The first-order valence-electron chi connectivity index (χ1n) is 17.0. The minimum atomic E-state index is -0.811. The van der Waals surface area contributed by atoms with Gasteiger partial charge < -0.3 is 10.1 Å². The highest BCUT2D eigenvalue weighted by molar-refractivity contribution is 6.33. The fraction of sp³-hybridized carbons (Fsp3) is 0.711. The van der Waals surface area contributed by atoms with E-state index in [9.17, 15) is 14.4 Å². The van der Waals surface area contributed by atoms with Gasteiger partial charge >= 0.3 is 5.97 Å². The zero-order valence-corrected chi connectivity index (χ0v) is 28.8. The maximum Gasteiger partial charge on any atom is 0.302 e. The van der Waals surface area contributed by atoms with Gasteiger partial charge in [-0.05, 0) is 103 Å². The number of fused-ring (bicyclic) bond motifs is 6. The number of nitrogens with one attached hydrogen (secondary N) is 1. The number of allylic oxidation sites excluding steroid dienone is 1. The Balaban J connectivity index is 1.43. The second-order valence-corrected chi connectivity index (χ2v) is 17.1. The summed E-state index contributed by atoms with van der Waals surface area (Å²) >= 11 is 6.49. The first kappa shape index (κ1) is 31.8. The smallest absolute Gasteiger partial charge is 0.302 e. The Morgan fingerprint density at radius 2 is 1.66 bits per heavy atom. The Morgan fingerprint density at radius 1 is 0.955 bits per heavy atom. The molecule has 4 saturated carbocycles. The number of halogens is 1. The summed E-state index contributed by atoms with van der Waals surface area (Å²) in [7, 11) is 0. The van der Waals surface area contributed by atoms with Crippen molar-refractivity contribution < 1.29 is 19.1 Å². The zero-order valence-electron chi connectivity index (χ0n) is 28.1. The van der Waals surface area contributed by atoms with Gasteiger partial charge in [0.2, 0.25) is 5.91 Å². The van der Waals surface area contributed by atoms with Gasteiger partial charge in [-0.25, -0.2) is 0 Å². The molecule has 5 aliphatic carbocycles. The normalized spacial score (nSPS) is 40.9. The quantitative estimate of drug-likeness (QED) is 0.269. The molecule has 0 saturated heterocycles. The van der Waals surface area contributed by atoms with E-state index in [4.69, 9.17) is 16.3 Å². The summed E-state index contributed by atoms with van der Waals surface area (Å²) in [6, 6.07) is 7.38. The number of para-hydroxylation sites is 1. The summed E-state index contributed by atoms with van der Waals surface area (Å²) in [5.41, 5.74) is 2.40. The Bertz CT molecular complexity index is 1430. The van der Waals surface area contributed by atoms with Crippen LogP contribution in [0.1, 0.15) is 113 Å². The summed E-state index contributed by atoms with van der Waals surface area (Å²) in [5, 5.41) is 3.69. The number of hydrogen-bond acceptors (Lipinski definition) is 4. The van der Waals surface area contributed by atoms with Crippen molar-refractivity contribution in [1.29, 1.82) is 0 Å². The molecule has 0 aliphatic heterocycles. The molecular formula is C38H52ClNO4. The molecule has 0 aromatic heterocycles. The van der Waals surface area contributed by atoms with E-state index >= 15 is 0 Å². The first-order chi connectivity index (χ1) is 20.5. The summed E-state index contributed by atoms with van der Waals surface area (Å²) in [6.45, 7) is 18.0. The van der Waals surface area contributed by atoms with Crippen molar-refractivity contribution in [3.63, 3.8) is 0 Å². The number of benzene rings is 1. The molecule has 0 spiro atoms. The molecule has 4 fully saturated rings. The van der Waals surface area contributed by atoms with E-state index in [1.54, 1.807) is 6.07 Å². The van der Waals surface area contributed by atoms with E-state index in [1.807, 2.05) is 18.2 Å². The van der Waals surface area contributed by atoms with Gasteiger partial charge in [0.1, 0.15) is 11.9 Å². The summed E-state index contributed by atoms with van der Waals surface area (Å²) < 4.78 is 5.92. The number of amides is 1. The molecule has 1 N–H and O–H groups in total. The van der Waals surface area contributed by atoms with Crippen LogP contribution in [0.3, 0.4) is 0 Å². The number of rotatable bonds is 4. The maximum absolute atomic E-state index is 14.4. The Kier molecular flexibility index (Phi) is 7.55. The molecule has 3 unspecified atom stereocenters. The minimum absolute atomic E-state index is 0.0393. The summed E-state index contributed by atoms with van der Waals surface area (Å²) in [4.78, 5) is 40.3. The number of esters is 1. The molecule has 0 bridgehead atoms. The molecule has 0 heterocycles. The van der Waals surface area contributed by atoms with Crippen LogP contribution in [0.2, 0.25) is 5.02 Å². The van der Waals surface area contributed by atoms with Crippen LogP contribution in [0, 0.1) is 50.7 Å². The largest absolute Gasteiger partial charge is 0.462 e. The molecule has 240 valence electrons. The number of carbonyl (C=O) groups is 3. The molecule has 0 radical (unpaired) electrons. The second kappa shape index (κ2) is 10.4. The molecule has 6 heteroatoms. The highest BCUT2D eigenvalue weighted by Gasteiger charge is 2.69.